The van der Waals surface area contributed by atoms with Crippen LogP contribution in [0.4, 0.5) is 5.69 Å². The van der Waals surface area contributed by atoms with E-state index in [1.54, 1.807) is 24.3 Å². The van der Waals surface area contributed by atoms with E-state index in [4.69, 9.17) is 0 Å². The van der Waals surface area contributed by atoms with Crippen molar-refractivity contribution in [2.45, 2.75) is 45.1 Å². The molecule has 1 unspecified atom stereocenters. The second-order valence-corrected chi connectivity index (χ2v) is 9.14. The molecule has 0 saturated carbocycles. The summed E-state index contributed by atoms with van der Waals surface area (Å²) in [4.78, 5) is 12.9. The van der Waals surface area contributed by atoms with E-state index in [0.29, 0.717) is 17.7 Å². The van der Waals surface area contributed by atoms with Crippen molar-refractivity contribution in [3.8, 4) is 0 Å². The van der Waals surface area contributed by atoms with E-state index >= 15 is 0 Å². The van der Waals surface area contributed by atoms with Gasteiger partial charge in [0.2, 0.25) is 10.0 Å². The average Bonchev–Trinajstić information content (AvgIpc) is 2.61. The highest BCUT2D eigenvalue weighted by atomic mass is 32.2. The Labute approximate surface area is 161 Å². The fourth-order valence-corrected chi connectivity index (χ4v) is 4.85. The Balaban J connectivity index is 1.80. The third-order valence-corrected chi connectivity index (χ3v) is 6.49. The maximum Gasteiger partial charge on any atom is 0.252 e. The Bertz CT molecular complexity index is 940. The Morgan fingerprint density at radius 2 is 1.93 bits per heavy atom. The van der Waals surface area contributed by atoms with Gasteiger partial charge in [-0.25, -0.2) is 8.42 Å². The molecule has 2 aromatic rings. The summed E-state index contributed by atoms with van der Waals surface area (Å²) in [5, 5.41) is 3.17. The van der Waals surface area contributed by atoms with Gasteiger partial charge in [0.1, 0.15) is 0 Å². The molecule has 5 nitrogen and oxygen atoms in total. The first-order valence-corrected chi connectivity index (χ1v) is 11.0. The molecule has 1 aliphatic rings. The van der Waals surface area contributed by atoms with Crippen molar-refractivity contribution in [3.05, 3.63) is 65.2 Å². The normalized spacial score (nSPS) is 19.2. The van der Waals surface area contributed by atoms with Gasteiger partial charge in [-0.1, -0.05) is 37.3 Å². The second kappa shape index (κ2) is 7.72. The summed E-state index contributed by atoms with van der Waals surface area (Å²) in [5.41, 5.74) is 2.85. The van der Waals surface area contributed by atoms with Crippen LogP contribution < -0.4 is 10.0 Å². The largest absolute Gasteiger partial charge is 0.343 e. The Morgan fingerprint density at radius 1 is 1.15 bits per heavy atom. The van der Waals surface area contributed by atoms with Crippen LogP contribution in [0.15, 0.2) is 48.5 Å². The first kappa shape index (κ1) is 19.4. The predicted octanol–water partition coefficient (Wildman–Crippen LogP) is 3.82. The van der Waals surface area contributed by atoms with Crippen molar-refractivity contribution in [3.63, 3.8) is 0 Å². The molecule has 1 aliphatic carbocycles. The maximum atomic E-state index is 12.9. The monoisotopic (exact) mass is 386 g/mol. The average molecular weight is 387 g/mol. The number of benzene rings is 2. The van der Waals surface area contributed by atoms with Crippen LogP contribution in [0.3, 0.4) is 0 Å². The first-order chi connectivity index (χ1) is 12.8. The van der Waals surface area contributed by atoms with E-state index in [9.17, 15) is 13.2 Å². The quantitative estimate of drug-likeness (QED) is 0.792. The van der Waals surface area contributed by atoms with E-state index in [1.807, 2.05) is 19.1 Å². The van der Waals surface area contributed by atoms with Crippen molar-refractivity contribution in [2.75, 3.05) is 10.5 Å². The molecular weight excluding hydrogens is 360 g/mol. The Morgan fingerprint density at radius 3 is 2.70 bits per heavy atom. The standard InChI is InChI=1S/C21H26N2O3S/c1-3-14-27(25,26)23-18-11-6-9-17(15-18)20(24)22-21(2)13-7-10-16-8-4-5-12-19(16)21/h4-6,8-9,11-12,15,23H,3,7,10,13-14H2,1-2H3,(H,22,24). The highest BCUT2D eigenvalue weighted by Gasteiger charge is 2.33. The van der Waals surface area contributed by atoms with E-state index in [-0.39, 0.29) is 11.7 Å². The van der Waals surface area contributed by atoms with Gasteiger partial charge in [-0.15, -0.1) is 0 Å². The molecule has 0 aromatic heterocycles. The predicted molar refractivity (Wildman–Crippen MR) is 108 cm³/mol. The van der Waals surface area contributed by atoms with Gasteiger partial charge < -0.3 is 5.32 Å². The van der Waals surface area contributed by atoms with Crippen LogP contribution in [0.25, 0.3) is 0 Å². The lowest BCUT2D eigenvalue weighted by Gasteiger charge is -2.37. The second-order valence-electron chi connectivity index (χ2n) is 7.30. The zero-order valence-electron chi connectivity index (χ0n) is 15.8. The zero-order valence-corrected chi connectivity index (χ0v) is 16.6. The summed E-state index contributed by atoms with van der Waals surface area (Å²) in [7, 11) is -3.39. The van der Waals surface area contributed by atoms with Crippen molar-refractivity contribution in [1.29, 1.82) is 0 Å². The summed E-state index contributed by atoms with van der Waals surface area (Å²) in [5.74, 6) is -0.149. The zero-order chi connectivity index (χ0) is 19.5. The minimum Gasteiger partial charge on any atom is -0.343 e. The van der Waals surface area contributed by atoms with E-state index in [0.717, 1.165) is 24.8 Å². The number of hydrogen-bond acceptors (Lipinski definition) is 3. The molecule has 0 heterocycles. The lowest BCUT2D eigenvalue weighted by atomic mass is 9.77. The van der Waals surface area contributed by atoms with Crippen LogP contribution in [0.5, 0.6) is 0 Å². The van der Waals surface area contributed by atoms with Crippen LogP contribution in [0.1, 0.15) is 54.6 Å². The molecule has 0 radical (unpaired) electrons. The van der Waals surface area contributed by atoms with Crippen LogP contribution in [0.2, 0.25) is 0 Å². The van der Waals surface area contributed by atoms with Gasteiger partial charge in [0.05, 0.1) is 11.3 Å². The molecule has 27 heavy (non-hydrogen) atoms. The third kappa shape index (κ3) is 4.50. The number of fused-ring (bicyclic) bond motifs is 1. The minimum absolute atomic E-state index is 0.0538. The molecule has 3 rings (SSSR count). The molecule has 1 atom stereocenters. The highest BCUT2D eigenvalue weighted by molar-refractivity contribution is 7.92. The van der Waals surface area contributed by atoms with Gasteiger partial charge in [-0.3, -0.25) is 9.52 Å². The fourth-order valence-electron chi connectivity index (χ4n) is 3.72. The van der Waals surface area contributed by atoms with Gasteiger partial charge in [0.25, 0.3) is 5.91 Å². The van der Waals surface area contributed by atoms with Crippen molar-refractivity contribution in [2.24, 2.45) is 0 Å². The molecule has 144 valence electrons. The smallest absolute Gasteiger partial charge is 0.252 e. The number of anilines is 1. The van der Waals surface area contributed by atoms with Gasteiger partial charge in [-0.05, 0) is 61.9 Å². The molecule has 2 N–H and O–H groups in total. The number of carbonyl (C=O) groups excluding carboxylic acids is 1. The molecule has 0 aliphatic heterocycles. The lowest BCUT2D eigenvalue weighted by Crippen LogP contribution is -2.45. The van der Waals surface area contributed by atoms with Crippen molar-refractivity contribution >= 4 is 21.6 Å². The fraction of sp³-hybridized carbons (Fsp3) is 0.381. The number of amides is 1. The molecule has 0 spiro atoms. The number of carbonyl (C=O) groups is 1. The van der Waals surface area contributed by atoms with Crippen LogP contribution in [-0.4, -0.2) is 20.1 Å². The number of nitrogens with one attached hydrogen (secondary N) is 2. The molecule has 6 heteroatoms. The van der Waals surface area contributed by atoms with E-state index in [1.165, 1.54) is 5.56 Å². The number of rotatable bonds is 6. The van der Waals surface area contributed by atoms with Crippen molar-refractivity contribution < 1.29 is 13.2 Å². The Hall–Kier alpha value is -2.34. The molecular formula is C21H26N2O3S. The molecule has 0 bridgehead atoms. The summed E-state index contributed by atoms with van der Waals surface area (Å²) in [6.45, 7) is 3.86. The summed E-state index contributed by atoms with van der Waals surface area (Å²) < 4.78 is 26.5. The lowest BCUT2D eigenvalue weighted by molar-refractivity contribution is 0.0895. The molecule has 0 fully saturated rings. The van der Waals surface area contributed by atoms with Crippen LogP contribution in [-0.2, 0) is 22.0 Å². The Kier molecular flexibility index (Phi) is 5.56. The highest BCUT2D eigenvalue weighted by Crippen LogP contribution is 2.35. The summed E-state index contributed by atoms with van der Waals surface area (Å²) in [6.07, 6.45) is 3.45. The summed E-state index contributed by atoms with van der Waals surface area (Å²) in [6, 6.07) is 14.8. The maximum absolute atomic E-state index is 12.9. The van der Waals surface area contributed by atoms with Gasteiger partial charge in [0.15, 0.2) is 0 Å². The molecule has 1 amide bonds. The topological polar surface area (TPSA) is 75.3 Å². The van der Waals surface area contributed by atoms with E-state index in [2.05, 4.69) is 29.1 Å². The van der Waals surface area contributed by atoms with Gasteiger partial charge in [-0.2, -0.15) is 0 Å². The summed E-state index contributed by atoms with van der Waals surface area (Å²) >= 11 is 0. The van der Waals surface area contributed by atoms with Gasteiger partial charge in [0, 0.05) is 11.3 Å². The van der Waals surface area contributed by atoms with Gasteiger partial charge >= 0.3 is 0 Å². The van der Waals surface area contributed by atoms with Crippen LogP contribution in [0, 0.1) is 0 Å². The molecule has 2 aromatic carbocycles. The number of aryl methyl sites for hydroxylation is 1. The third-order valence-electron chi connectivity index (χ3n) is 5.00. The minimum atomic E-state index is -3.39. The number of sulfonamides is 1. The van der Waals surface area contributed by atoms with Crippen LogP contribution >= 0.6 is 0 Å². The number of hydrogen-bond donors (Lipinski definition) is 2. The molecule has 0 saturated heterocycles. The first-order valence-electron chi connectivity index (χ1n) is 9.34. The van der Waals surface area contributed by atoms with E-state index < -0.39 is 15.6 Å². The van der Waals surface area contributed by atoms with Crippen molar-refractivity contribution in [1.82, 2.24) is 5.32 Å². The SMILES string of the molecule is CCCS(=O)(=O)Nc1cccc(C(=O)NC2(C)CCCc3ccccc32)c1.